The normalized spacial score (nSPS) is 12.3. The van der Waals surface area contributed by atoms with E-state index in [0.29, 0.717) is 16.6 Å². The molecule has 0 radical (unpaired) electrons. The van der Waals surface area contributed by atoms with Crippen molar-refractivity contribution < 1.29 is 14.3 Å². The molecule has 0 aliphatic carbocycles. The fraction of sp³-hybridized carbons (Fsp3) is 0.368. The standard InChI is InChI=1S/C19H22N4O3S/c1-11(2)23-18-14(10-20-23)13(9-15(22-18)16-6-5-7-27-16)19(25)21-12(3)8-17(24)26-4/h5-7,9-12H,8H2,1-4H3,(H,21,25). The van der Waals surface area contributed by atoms with E-state index in [1.165, 1.54) is 7.11 Å². The van der Waals surface area contributed by atoms with Crippen LogP contribution in [0, 0.1) is 0 Å². The summed E-state index contributed by atoms with van der Waals surface area (Å²) in [5, 5.41) is 9.93. The second kappa shape index (κ2) is 7.87. The molecule has 3 heterocycles. The average Bonchev–Trinajstić information content (AvgIpc) is 3.29. The summed E-state index contributed by atoms with van der Waals surface area (Å²) in [4.78, 5) is 30.1. The van der Waals surface area contributed by atoms with E-state index in [1.807, 2.05) is 31.4 Å². The fourth-order valence-electron chi connectivity index (χ4n) is 2.82. The molecule has 0 aromatic carbocycles. The van der Waals surface area contributed by atoms with Crippen molar-refractivity contribution in [2.75, 3.05) is 7.11 Å². The minimum absolute atomic E-state index is 0.111. The van der Waals surface area contributed by atoms with E-state index in [-0.39, 0.29) is 30.4 Å². The molecule has 8 heteroatoms. The summed E-state index contributed by atoms with van der Waals surface area (Å²) >= 11 is 1.56. The number of amides is 1. The SMILES string of the molecule is COC(=O)CC(C)NC(=O)c1cc(-c2cccs2)nc2c1cnn2C(C)C. The number of rotatable bonds is 6. The van der Waals surface area contributed by atoms with Crippen molar-refractivity contribution in [2.45, 2.75) is 39.3 Å². The lowest BCUT2D eigenvalue weighted by Crippen LogP contribution is -2.34. The van der Waals surface area contributed by atoms with Crippen LogP contribution in [0.3, 0.4) is 0 Å². The number of fused-ring (bicyclic) bond motifs is 1. The van der Waals surface area contributed by atoms with Crippen molar-refractivity contribution in [1.82, 2.24) is 20.1 Å². The highest BCUT2D eigenvalue weighted by atomic mass is 32.1. The maximum atomic E-state index is 12.9. The third-order valence-electron chi connectivity index (χ3n) is 4.15. The van der Waals surface area contributed by atoms with Crippen LogP contribution in [0.1, 0.15) is 43.6 Å². The second-order valence-electron chi connectivity index (χ2n) is 6.61. The van der Waals surface area contributed by atoms with Gasteiger partial charge in [-0.05, 0) is 38.3 Å². The van der Waals surface area contributed by atoms with Crippen LogP contribution in [0.25, 0.3) is 21.6 Å². The summed E-state index contributed by atoms with van der Waals surface area (Å²) in [6.45, 7) is 5.80. The monoisotopic (exact) mass is 386 g/mol. The van der Waals surface area contributed by atoms with E-state index in [9.17, 15) is 9.59 Å². The van der Waals surface area contributed by atoms with Gasteiger partial charge in [-0.15, -0.1) is 11.3 Å². The predicted molar refractivity (Wildman–Crippen MR) is 105 cm³/mol. The maximum absolute atomic E-state index is 12.9. The number of methoxy groups -OCH3 is 1. The van der Waals surface area contributed by atoms with Gasteiger partial charge < -0.3 is 10.1 Å². The number of thiophene rings is 1. The van der Waals surface area contributed by atoms with Crippen molar-refractivity contribution >= 4 is 34.2 Å². The molecule has 0 saturated heterocycles. The van der Waals surface area contributed by atoms with E-state index < -0.39 is 0 Å². The first-order chi connectivity index (χ1) is 12.9. The summed E-state index contributed by atoms with van der Waals surface area (Å²) in [6, 6.07) is 5.46. The first-order valence-electron chi connectivity index (χ1n) is 8.70. The van der Waals surface area contributed by atoms with Gasteiger partial charge in [-0.1, -0.05) is 6.07 Å². The molecule has 3 rings (SSSR count). The number of carbonyl (C=O) groups is 2. The van der Waals surface area contributed by atoms with Crippen LogP contribution in [-0.2, 0) is 9.53 Å². The third kappa shape index (κ3) is 4.00. The lowest BCUT2D eigenvalue weighted by Gasteiger charge is -2.14. The lowest BCUT2D eigenvalue weighted by atomic mass is 10.1. The molecule has 0 aliphatic heterocycles. The molecule has 7 nitrogen and oxygen atoms in total. The van der Waals surface area contributed by atoms with Crippen LogP contribution in [0.15, 0.2) is 29.8 Å². The quantitative estimate of drug-likeness (QED) is 0.656. The van der Waals surface area contributed by atoms with Gasteiger partial charge in [-0.2, -0.15) is 5.10 Å². The van der Waals surface area contributed by atoms with Crippen LogP contribution >= 0.6 is 11.3 Å². The fourth-order valence-corrected chi connectivity index (χ4v) is 3.51. The summed E-state index contributed by atoms with van der Waals surface area (Å²) < 4.78 is 6.47. The number of hydrogen-bond donors (Lipinski definition) is 1. The van der Waals surface area contributed by atoms with Gasteiger partial charge in [0, 0.05) is 12.1 Å². The van der Waals surface area contributed by atoms with Crippen LogP contribution in [0.4, 0.5) is 0 Å². The predicted octanol–water partition coefficient (Wildman–Crippen LogP) is 3.42. The Bertz CT molecular complexity index is 963. The van der Waals surface area contributed by atoms with Gasteiger partial charge in [-0.3, -0.25) is 9.59 Å². The summed E-state index contributed by atoms with van der Waals surface area (Å²) in [6.07, 6.45) is 1.78. The Labute approximate surface area is 161 Å². The summed E-state index contributed by atoms with van der Waals surface area (Å²) in [5.41, 5.74) is 1.89. The largest absolute Gasteiger partial charge is 0.469 e. The summed E-state index contributed by atoms with van der Waals surface area (Å²) in [5.74, 6) is -0.630. The number of pyridine rings is 1. The first kappa shape index (κ1) is 19.0. The van der Waals surface area contributed by atoms with Gasteiger partial charge in [0.2, 0.25) is 0 Å². The number of nitrogens with zero attached hydrogens (tertiary/aromatic N) is 3. The maximum Gasteiger partial charge on any atom is 0.307 e. The molecule has 1 unspecified atom stereocenters. The highest BCUT2D eigenvalue weighted by molar-refractivity contribution is 7.13. The van der Waals surface area contributed by atoms with Gasteiger partial charge >= 0.3 is 5.97 Å². The van der Waals surface area contributed by atoms with E-state index >= 15 is 0 Å². The smallest absolute Gasteiger partial charge is 0.307 e. The highest BCUT2D eigenvalue weighted by Gasteiger charge is 2.20. The molecule has 0 bridgehead atoms. The van der Waals surface area contributed by atoms with E-state index in [4.69, 9.17) is 4.98 Å². The van der Waals surface area contributed by atoms with Crippen LogP contribution in [-0.4, -0.2) is 39.8 Å². The minimum atomic E-state index is -0.366. The van der Waals surface area contributed by atoms with Crippen molar-refractivity contribution in [3.63, 3.8) is 0 Å². The Hall–Kier alpha value is -2.74. The van der Waals surface area contributed by atoms with Crippen molar-refractivity contribution in [3.8, 4) is 10.6 Å². The molecule has 1 N–H and O–H groups in total. The van der Waals surface area contributed by atoms with Crippen LogP contribution in [0.2, 0.25) is 0 Å². The first-order valence-corrected chi connectivity index (χ1v) is 9.58. The molecule has 3 aromatic rings. The Balaban J connectivity index is 2.03. The Morgan fingerprint density at radius 2 is 2.11 bits per heavy atom. The number of carbonyl (C=O) groups excluding carboxylic acids is 2. The molecular weight excluding hydrogens is 364 g/mol. The zero-order chi connectivity index (χ0) is 19.6. The zero-order valence-corrected chi connectivity index (χ0v) is 16.5. The number of aromatic nitrogens is 3. The van der Waals surface area contributed by atoms with E-state index in [0.717, 1.165) is 10.6 Å². The van der Waals surface area contributed by atoms with Crippen molar-refractivity contribution in [1.29, 1.82) is 0 Å². The Morgan fingerprint density at radius 1 is 1.33 bits per heavy atom. The molecule has 1 atom stereocenters. The highest BCUT2D eigenvalue weighted by Crippen LogP contribution is 2.29. The third-order valence-corrected chi connectivity index (χ3v) is 5.04. The van der Waals surface area contributed by atoms with E-state index in [2.05, 4.69) is 15.2 Å². The molecule has 1 amide bonds. The lowest BCUT2D eigenvalue weighted by molar-refractivity contribution is -0.141. The molecule has 27 heavy (non-hydrogen) atoms. The number of esters is 1. The molecule has 0 fully saturated rings. The van der Waals surface area contributed by atoms with Gasteiger partial charge in [0.25, 0.3) is 5.91 Å². The van der Waals surface area contributed by atoms with Crippen molar-refractivity contribution in [3.05, 3.63) is 35.3 Å². The zero-order valence-electron chi connectivity index (χ0n) is 15.7. The molecule has 142 valence electrons. The van der Waals surface area contributed by atoms with Crippen molar-refractivity contribution in [2.24, 2.45) is 0 Å². The molecule has 0 spiro atoms. The Morgan fingerprint density at radius 3 is 2.74 bits per heavy atom. The van der Waals surface area contributed by atoms with Crippen LogP contribution in [0.5, 0.6) is 0 Å². The minimum Gasteiger partial charge on any atom is -0.469 e. The number of ether oxygens (including phenoxy) is 1. The topological polar surface area (TPSA) is 86.1 Å². The molecule has 0 aliphatic rings. The van der Waals surface area contributed by atoms with E-state index in [1.54, 1.807) is 35.2 Å². The summed E-state index contributed by atoms with van der Waals surface area (Å²) in [7, 11) is 1.33. The molecule has 3 aromatic heterocycles. The van der Waals surface area contributed by atoms with Crippen LogP contribution < -0.4 is 5.32 Å². The number of hydrogen-bond acceptors (Lipinski definition) is 6. The average molecular weight is 386 g/mol. The Kier molecular flexibility index (Phi) is 5.55. The second-order valence-corrected chi connectivity index (χ2v) is 7.55. The van der Waals surface area contributed by atoms with Gasteiger partial charge in [0.05, 0.1) is 41.2 Å². The molecular formula is C19H22N4O3S. The molecule has 0 saturated carbocycles. The van der Waals surface area contributed by atoms with Gasteiger partial charge in [0.1, 0.15) is 0 Å². The van der Waals surface area contributed by atoms with Gasteiger partial charge in [-0.25, -0.2) is 9.67 Å². The van der Waals surface area contributed by atoms with Gasteiger partial charge in [0.15, 0.2) is 5.65 Å². The number of nitrogens with one attached hydrogen (secondary N) is 1.